The van der Waals surface area contributed by atoms with Crippen LogP contribution in [0.5, 0.6) is 0 Å². The van der Waals surface area contributed by atoms with Crippen molar-refractivity contribution in [2.75, 3.05) is 0 Å². The molecule has 0 unspecified atom stereocenters. The Labute approximate surface area is 79.3 Å². The van der Waals surface area contributed by atoms with Crippen molar-refractivity contribution in [1.82, 2.24) is 0 Å². The van der Waals surface area contributed by atoms with Gasteiger partial charge < -0.3 is 5.11 Å². The van der Waals surface area contributed by atoms with Crippen LogP contribution < -0.4 is 0 Å². The maximum atomic E-state index is 11.0. The Bertz CT molecular complexity index is 254. The van der Waals surface area contributed by atoms with Crippen LogP contribution in [0.2, 0.25) is 0 Å². The van der Waals surface area contributed by atoms with Crippen LogP contribution in [0.1, 0.15) is 40.0 Å². The number of rotatable bonds is 1. The van der Waals surface area contributed by atoms with Gasteiger partial charge in [-0.05, 0) is 36.0 Å². The summed E-state index contributed by atoms with van der Waals surface area (Å²) in [5.74, 6) is -0.245. The molecule has 0 aromatic rings. The third-order valence-electron chi connectivity index (χ3n) is 4.96. The van der Waals surface area contributed by atoms with Crippen LogP contribution >= 0.6 is 0 Å². The van der Waals surface area contributed by atoms with Crippen LogP contribution in [0, 0.1) is 22.7 Å². The average Bonchev–Trinajstić information content (AvgIpc) is 2.34. The van der Waals surface area contributed by atoms with Crippen molar-refractivity contribution in [1.29, 1.82) is 0 Å². The molecule has 0 aromatic heterocycles. The fraction of sp³-hybridized carbons (Fsp3) is 0.909. The average molecular weight is 182 g/mol. The molecule has 2 rings (SSSR count). The molecule has 3 atom stereocenters. The van der Waals surface area contributed by atoms with E-state index in [9.17, 15) is 4.79 Å². The topological polar surface area (TPSA) is 37.3 Å². The molecule has 1 N–H and O–H groups in total. The molecule has 74 valence electrons. The molecule has 2 aliphatic rings. The second-order valence-corrected chi connectivity index (χ2v) is 5.58. The van der Waals surface area contributed by atoms with E-state index in [1.807, 2.05) is 0 Å². The Balaban J connectivity index is 2.34. The third kappa shape index (κ3) is 0.918. The highest BCUT2D eigenvalue weighted by atomic mass is 16.4. The van der Waals surface area contributed by atoms with Crippen LogP contribution in [-0.4, -0.2) is 11.1 Å². The number of hydrogen-bond acceptors (Lipinski definition) is 1. The van der Waals surface area contributed by atoms with Gasteiger partial charge in [-0.1, -0.05) is 20.8 Å². The second-order valence-electron chi connectivity index (χ2n) is 5.58. The standard InChI is InChI=1S/C11H18O2/c1-10(2)8-4-5-11(10,3)6-7(8)9(12)13/h7-8H,4-6H2,1-3H3,(H,12,13)/t7-,8+,11+/m0/s1. The maximum Gasteiger partial charge on any atom is 0.306 e. The van der Waals surface area contributed by atoms with Crippen LogP contribution in [0.3, 0.4) is 0 Å². The Morgan fingerprint density at radius 3 is 2.23 bits per heavy atom. The lowest BCUT2D eigenvalue weighted by atomic mass is 9.71. The van der Waals surface area contributed by atoms with Crippen molar-refractivity contribution in [3.05, 3.63) is 0 Å². The molecule has 2 saturated carbocycles. The van der Waals surface area contributed by atoms with Crippen molar-refractivity contribution in [3.63, 3.8) is 0 Å². The predicted octanol–water partition coefficient (Wildman–Crippen LogP) is 2.53. The van der Waals surface area contributed by atoms with E-state index in [1.54, 1.807) is 0 Å². The summed E-state index contributed by atoms with van der Waals surface area (Å²) in [5.41, 5.74) is 0.511. The van der Waals surface area contributed by atoms with Gasteiger partial charge in [-0.15, -0.1) is 0 Å². The molecule has 2 fully saturated rings. The summed E-state index contributed by atoms with van der Waals surface area (Å²) in [7, 11) is 0. The van der Waals surface area contributed by atoms with Crippen molar-refractivity contribution in [3.8, 4) is 0 Å². The Kier molecular flexibility index (Phi) is 1.59. The molecule has 2 heteroatoms. The summed E-state index contributed by atoms with van der Waals surface area (Å²) in [4.78, 5) is 11.0. The highest BCUT2D eigenvalue weighted by molar-refractivity contribution is 5.71. The summed E-state index contributed by atoms with van der Waals surface area (Å²) < 4.78 is 0. The van der Waals surface area contributed by atoms with Gasteiger partial charge >= 0.3 is 5.97 Å². The van der Waals surface area contributed by atoms with E-state index < -0.39 is 5.97 Å². The molecule has 0 spiro atoms. The van der Waals surface area contributed by atoms with Gasteiger partial charge in [0.15, 0.2) is 0 Å². The molecule has 0 aliphatic heterocycles. The van der Waals surface area contributed by atoms with E-state index in [4.69, 9.17) is 5.11 Å². The molecule has 2 bridgehead atoms. The number of fused-ring (bicyclic) bond motifs is 2. The first-order chi connectivity index (χ1) is 5.88. The molecule has 2 aliphatic carbocycles. The Morgan fingerprint density at radius 2 is 2.00 bits per heavy atom. The van der Waals surface area contributed by atoms with E-state index in [2.05, 4.69) is 20.8 Å². The third-order valence-corrected chi connectivity index (χ3v) is 4.96. The number of hydrogen-bond donors (Lipinski definition) is 1. The molecule has 0 heterocycles. The quantitative estimate of drug-likeness (QED) is 0.676. The first-order valence-electron chi connectivity index (χ1n) is 5.11. The van der Waals surface area contributed by atoms with Crippen molar-refractivity contribution >= 4 is 5.97 Å². The summed E-state index contributed by atoms with van der Waals surface area (Å²) in [5, 5.41) is 9.08. The smallest absolute Gasteiger partial charge is 0.306 e. The van der Waals surface area contributed by atoms with Gasteiger partial charge in [0.25, 0.3) is 0 Å². The van der Waals surface area contributed by atoms with Gasteiger partial charge in [-0.25, -0.2) is 0 Å². The molecule has 0 amide bonds. The van der Waals surface area contributed by atoms with Gasteiger partial charge in [0.05, 0.1) is 5.92 Å². The molecule has 0 radical (unpaired) electrons. The Morgan fingerprint density at radius 1 is 1.38 bits per heavy atom. The minimum atomic E-state index is -0.582. The van der Waals surface area contributed by atoms with Crippen LogP contribution in [-0.2, 0) is 4.79 Å². The fourth-order valence-corrected chi connectivity index (χ4v) is 3.56. The zero-order chi connectivity index (χ0) is 9.85. The molecular formula is C11H18O2. The van der Waals surface area contributed by atoms with Gasteiger partial charge in [0.2, 0.25) is 0 Å². The SMILES string of the molecule is CC1(C)[C@@H]2CC[C@]1(C)C[C@@H]2C(=O)O. The van der Waals surface area contributed by atoms with Gasteiger partial charge in [-0.2, -0.15) is 0 Å². The van der Waals surface area contributed by atoms with Crippen molar-refractivity contribution < 1.29 is 9.90 Å². The summed E-state index contributed by atoms with van der Waals surface area (Å²) in [6.07, 6.45) is 3.22. The van der Waals surface area contributed by atoms with E-state index in [1.165, 1.54) is 6.42 Å². The normalized spacial score (nSPS) is 46.7. The highest BCUT2D eigenvalue weighted by Crippen LogP contribution is 2.67. The van der Waals surface area contributed by atoms with Gasteiger partial charge in [-0.3, -0.25) is 4.79 Å². The van der Waals surface area contributed by atoms with Gasteiger partial charge in [0, 0.05) is 0 Å². The predicted molar refractivity (Wildman–Crippen MR) is 50.4 cm³/mol. The lowest BCUT2D eigenvalue weighted by Gasteiger charge is -2.34. The van der Waals surface area contributed by atoms with E-state index in [0.29, 0.717) is 5.92 Å². The highest BCUT2D eigenvalue weighted by Gasteiger charge is 2.62. The van der Waals surface area contributed by atoms with E-state index >= 15 is 0 Å². The summed E-state index contributed by atoms with van der Waals surface area (Å²) in [6, 6.07) is 0. The minimum absolute atomic E-state index is 0.0752. The summed E-state index contributed by atoms with van der Waals surface area (Å²) in [6.45, 7) is 6.75. The zero-order valence-electron chi connectivity index (χ0n) is 8.63. The van der Waals surface area contributed by atoms with Crippen molar-refractivity contribution in [2.45, 2.75) is 40.0 Å². The van der Waals surface area contributed by atoms with Crippen LogP contribution in [0.4, 0.5) is 0 Å². The number of carbonyl (C=O) groups is 1. The van der Waals surface area contributed by atoms with Crippen LogP contribution in [0.15, 0.2) is 0 Å². The first-order valence-corrected chi connectivity index (χ1v) is 5.11. The fourth-order valence-electron chi connectivity index (χ4n) is 3.56. The summed E-state index contributed by atoms with van der Waals surface area (Å²) >= 11 is 0. The van der Waals surface area contributed by atoms with Crippen LogP contribution in [0.25, 0.3) is 0 Å². The van der Waals surface area contributed by atoms with Crippen molar-refractivity contribution in [2.24, 2.45) is 22.7 Å². The number of carboxylic acid groups (broad SMARTS) is 1. The lowest BCUT2D eigenvalue weighted by molar-refractivity contribution is -0.144. The molecular weight excluding hydrogens is 164 g/mol. The van der Waals surface area contributed by atoms with E-state index in [-0.39, 0.29) is 16.7 Å². The van der Waals surface area contributed by atoms with E-state index in [0.717, 1.165) is 12.8 Å². The number of aliphatic carboxylic acids is 1. The maximum absolute atomic E-state index is 11.0. The molecule has 0 saturated heterocycles. The second kappa shape index (κ2) is 2.28. The minimum Gasteiger partial charge on any atom is -0.481 e. The first kappa shape index (κ1) is 9.04. The number of carboxylic acids is 1. The largest absolute Gasteiger partial charge is 0.481 e. The zero-order valence-corrected chi connectivity index (χ0v) is 8.63. The van der Waals surface area contributed by atoms with Gasteiger partial charge in [0.1, 0.15) is 0 Å². The lowest BCUT2D eigenvalue weighted by Crippen LogP contribution is -2.26. The monoisotopic (exact) mass is 182 g/mol. The molecule has 0 aromatic carbocycles. The Hall–Kier alpha value is -0.530. The molecule has 13 heavy (non-hydrogen) atoms. The molecule has 2 nitrogen and oxygen atoms in total.